The minimum Gasteiger partial charge on any atom is -0.399 e. The van der Waals surface area contributed by atoms with Crippen molar-refractivity contribution in [3.8, 4) is 0 Å². The van der Waals surface area contributed by atoms with Gasteiger partial charge in [0.2, 0.25) is 5.91 Å². The van der Waals surface area contributed by atoms with Crippen LogP contribution in [-0.2, 0) is 4.79 Å². The molecule has 22 heavy (non-hydrogen) atoms. The molecular formula is C15H15N3O3S. The standard InChI is InChI=1S/C15H15N3O3S/c1-10(22-14-8-2-11(16)3-9-14)15(19)17-12-4-6-13(7-5-12)18(20)21/h2-10H,16H2,1H3,(H,17,19). The van der Waals surface area contributed by atoms with E-state index < -0.39 is 4.92 Å². The second-order valence-electron chi connectivity index (χ2n) is 4.62. The summed E-state index contributed by atoms with van der Waals surface area (Å²) in [6.07, 6.45) is 0. The first-order valence-electron chi connectivity index (χ1n) is 6.53. The lowest BCUT2D eigenvalue weighted by Crippen LogP contribution is -2.22. The van der Waals surface area contributed by atoms with Crippen molar-refractivity contribution in [1.82, 2.24) is 0 Å². The maximum Gasteiger partial charge on any atom is 0.269 e. The number of nitrogens with one attached hydrogen (secondary N) is 1. The minimum atomic E-state index is -0.481. The van der Waals surface area contributed by atoms with Gasteiger partial charge in [-0.15, -0.1) is 11.8 Å². The number of carbonyl (C=O) groups is 1. The topological polar surface area (TPSA) is 98.3 Å². The van der Waals surface area contributed by atoms with Gasteiger partial charge in [-0.2, -0.15) is 0 Å². The van der Waals surface area contributed by atoms with E-state index >= 15 is 0 Å². The number of rotatable bonds is 5. The van der Waals surface area contributed by atoms with Crippen molar-refractivity contribution in [1.29, 1.82) is 0 Å². The van der Waals surface area contributed by atoms with Gasteiger partial charge in [0.05, 0.1) is 10.2 Å². The van der Waals surface area contributed by atoms with Gasteiger partial charge in [0.15, 0.2) is 0 Å². The first-order valence-corrected chi connectivity index (χ1v) is 7.41. The molecule has 1 atom stereocenters. The lowest BCUT2D eigenvalue weighted by atomic mass is 10.3. The summed E-state index contributed by atoms with van der Waals surface area (Å²) in [6, 6.07) is 13.0. The monoisotopic (exact) mass is 317 g/mol. The molecule has 1 amide bonds. The molecule has 0 fully saturated rings. The molecule has 3 N–H and O–H groups in total. The molecule has 0 saturated carbocycles. The predicted octanol–water partition coefficient (Wildman–Crippen LogP) is 3.30. The Kier molecular flexibility index (Phi) is 5.00. The molecule has 0 heterocycles. The molecule has 0 saturated heterocycles. The molecule has 0 aliphatic carbocycles. The Hall–Kier alpha value is -2.54. The van der Waals surface area contributed by atoms with E-state index in [9.17, 15) is 14.9 Å². The Balaban J connectivity index is 1.95. The van der Waals surface area contributed by atoms with E-state index in [1.165, 1.54) is 36.0 Å². The molecule has 2 rings (SSSR count). The number of hydrogen-bond donors (Lipinski definition) is 2. The van der Waals surface area contributed by atoms with Crippen LogP contribution in [-0.4, -0.2) is 16.1 Å². The Morgan fingerprint density at radius 1 is 1.18 bits per heavy atom. The first-order chi connectivity index (χ1) is 10.5. The number of nitrogens with zero attached hydrogens (tertiary/aromatic N) is 1. The lowest BCUT2D eigenvalue weighted by Gasteiger charge is -2.12. The van der Waals surface area contributed by atoms with Crippen LogP contribution in [0, 0.1) is 10.1 Å². The van der Waals surface area contributed by atoms with E-state index in [-0.39, 0.29) is 16.8 Å². The average molecular weight is 317 g/mol. The van der Waals surface area contributed by atoms with Gasteiger partial charge in [0.25, 0.3) is 5.69 Å². The van der Waals surface area contributed by atoms with Crippen LogP contribution in [0.4, 0.5) is 17.1 Å². The normalized spacial score (nSPS) is 11.7. The molecule has 6 nitrogen and oxygen atoms in total. The van der Waals surface area contributed by atoms with Crippen molar-refractivity contribution in [2.24, 2.45) is 0 Å². The number of nitrogen functional groups attached to an aromatic ring is 1. The summed E-state index contributed by atoms with van der Waals surface area (Å²) in [4.78, 5) is 23.2. The van der Waals surface area contributed by atoms with E-state index in [0.29, 0.717) is 11.4 Å². The predicted molar refractivity (Wildman–Crippen MR) is 87.9 cm³/mol. The minimum absolute atomic E-state index is 0.0118. The number of nitro groups is 1. The van der Waals surface area contributed by atoms with Gasteiger partial charge in [-0.1, -0.05) is 0 Å². The second-order valence-corrected chi connectivity index (χ2v) is 6.04. The summed E-state index contributed by atoms with van der Waals surface area (Å²) in [5.74, 6) is -0.171. The molecule has 1 unspecified atom stereocenters. The van der Waals surface area contributed by atoms with E-state index in [1.54, 1.807) is 19.1 Å². The fourth-order valence-electron chi connectivity index (χ4n) is 1.71. The summed E-state index contributed by atoms with van der Waals surface area (Å²) in [5, 5.41) is 13.0. The van der Waals surface area contributed by atoms with Gasteiger partial charge in [-0.3, -0.25) is 14.9 Å². The first kappa shape index (κ1) is 15.8. The summed E-state index contributed by atoms with van der Waals surface area (Å²) in [5.41, 5.74) is 6.81. The number of thioether (sulfide) groups is 1. The fourth-order valence-corrected chi connectivity index (χ4v) is 2.58. The van der Waals surface area contributed by atoms with E-state index in [2.05, 4.69) is 5.32 Å². The third kappa shape index (κ3) is 4.23. The molecule has 0 bridgehead atoms. The van der Waals surface area contributed by atoms with Crippen LogP contribution >= 0.6 is 11.8 Å². The summed E-state index contributed by atoms with van der Waals surface area (Å²) < 4.78 is 0. The van der Waals surface area contributed by atoms with Crippen molar-refractivity contribution in [3.63, 3.8) is 0 Å². The van der Waals surface area contributed by atoms with Crippen molar-refractivity contribution >= 4 is 34.7 Å². The highest BCUT2D eigenvalue weighted by Gasteiger charge is 2.15. The van der Waals surface area contributed by atoms with Crippen LogP contribution in [0.3, 0.4) is 0 Å². The number of nitrogens with two attached hydrogens (primary N) is 1. The molecular weight excluding hydrogens is 302 g/mol. The molecule has 114 valence electrons. The highest BCUT2D eigenvalue weighted by molar-refractivity contribution is 8.00. The summed E-state index contributed by atoms with van der Waals surface area (Å²) >= 11 is 1.41. The van der Waals surface area contributed by atoms with Gasteiger partial charge < -0.3 is 11.1 Å². The zero-order valence-electron chi connectivity index (χ0n) is 11.9. The zero-order valence-corrected chi connectivity index (χ0v) is 12.7. The van der Waals surface area contributed by atoms with Gasteiger partial charge in [0, 0.05) is 28.4 Å². The smallest absolute Gasteiger partial charge is 0.269 e. The number of nitro benzene ring substituents is 1. The zero-order chi connectivity index (χ0) is 16.1. The molecule has 0 aliphatic heterocycles. The number of anilines is 2. The highest BCUT2D eigenvalue weighted by atomic mass is 32.2. The Bertz CT molecular complexity index is 671. The van der Waals surface area contributed by atoms with Gasteiger partial charge in [-0.05, 0) is 43.3 Å². The van der Waals surface area contributed by atoms with Gasteiger partial charge >= 0.3 is 0 Å². The molecule has 2 aromatic carbocycles. The quantitative estimate of drug-likeness (QED) is 0.381. The maximum absolute atomic E-state index is 12.1. The van der Waals surface area contributed by atoms with Crippen molar-refractivity contribution in [2.45, 2.75) is 17.1 Å². The maximum atomic E-state index is 12.1. The number of carbonyl (C=O) groups excluding carboxylic acids is 1. The lowest BCUT2D eigenvalue weighted by molar-refractivity contribution is -0.384. The van der Waals surface area contributed by atoms with Crippen molar-refractivity contribution < 1.29 is 9.72 Å². The van der Waals surface area contributed by atoms with E-state index in [0.717, 1.165) is 4.90 Å². The third-order valence-corrected chi connectivity index (χ3v) is 4.02. The SMILES string of the molecule is CC(Sc1ccc(N)cc1)C(=O)Nc1ccc([N+](=O)[O-])cc1. The second kappa shape index (κ2) is 6.95. The average Bonchev–Trinajstić information content (AvgIpc) is 2.50. The number of non-ortho nitro benzene ring substituents is 1. The Morgan fingerprint density at radius 3 is 2.32 bits per heavy atom. The summed E-state index contributed by atoms with van der Waals surface area (Å²) in [7, 11) is 0. The number of hydrogen-bond acceptors (Lipinski definition) is 5. The molecule has 7 heteroatoms. The van der Waals surface area contributed by atoms with Crippen molar-refractivity contribution in [2.75, 3.05) is 11.1 Å². The highest BCUT2D eigenvalue weighted by Crippen LogP contribution is 2.25. The van der Waals surface area contributed by atoms with E-state index in [1.807, 2.05) is 12.1 Å². The van der Waals surface area contributed by atoms with Gasteiger partial charge in [0.1, 0.15) is 0 Å². The number of amides is 1. The van der Waals surface area contributed by atoms with Crippen LogP contribution in [0.25, 0.3) is 0 Å². The Labute approximate surface area is 131 Å². The van der Waals surface area contributed by atoms with Crippen LogP contribution in [0.15, 0.2) is 53.4 Å². The fraction of sp³-hybridized carbons (Fsp3) is 0.133. The Morgan fingerprint density at radius 2 is 1.77 bits per heavy atom. The molecule has 2 aromatic rings. The van der Waals surface area contributed by atoms with Crippen molar-refractivity contribution in [3.05, 3.63) is 58.6 Å². The molecule has 0 aliphatic rings. The largest absolute Gasteiger partial charge is 0.399 e. The van der Waals surface area contributed by atoms with Crippen LogP contribution in [0.1, 0.15) is 6.92 Å². The molecule has 0 radical (unpaired) electrons. The molecule has 0 aromatic heterocycles. The summed E-state index contributed by atoms with van der Waals surface area (Å²) in [6.45, 7) is 1.79. The number of benzene rings is 2. The van der Waals surface area contributed by atoms with Crippen LogP contribution in [0.2, 0.25) is 0 Å². The molecule has 0 spiro atoms. The third-order valence-electron chi connectivity index (χ3n) is 2.91. The van der Waals surface area contributed by atoms with E-state index in [4.69, 9.17) is 5.73 Å². The van der Waals surface area contributed by atoms with Crippen LogP contribution in [0.5, 0.6) is 0 Å². The van der Waals surface area contributed by atoms with Gasteiger partial charge in [-0.25, -0.2) is 0 Å². The van der Waals surface area contributed by atoms with Crippen LogP contribution < -0.4 is 11.1 Å².